The molecule has 1 aromatic carbocycles. The van der Waals surface area contributed by atoms with Crippen LogP contribution in [0.25, 0.3) is 28.3 Å². The van der Waals surface area contributed by atoms with Gasteiger partial charge in [-0.05, 0) is 31.6 Å². The average molecular weight is 353 g/mol. The van der Waals surface area contributed by atoms with Crippen LogP contribution in [0.3, 0.4) is 0 Å². The molecule has 2 aromatic heterocycles. The van der Waals surface area contributed by atoms with E-state index in [1.807, 2.05) is 43.3 Å². The van der Waals surface area contributed by atoms with Crippen LogP contribution < -0.4 is 10.1 Å². The van der Waals surface area contributed by atoms with Crippen molar-refractivity contribution in [2.45, 2.75) is 13.3 Å². The van der Waals surface area contributed by atoms with Crippen LogP contribution in [-0.2, 0) is 0 Å². The van der Waals surface area contributed by atoms with Crippen LogP contribution in [0.4, 0.5) is 4.79 Å². The summed E-state index contributed by atoms with van der Waals surface area (Å²) in [6, 6.07) is 9.62. The number of benzene rings is 1. The summed E-state index contributed by atoms with van der Waals surface area (Å²) >= 11 is 0. The summed E-state index contributed by atoms with van der Waals surface area (Å²) in [5.74, 6) is 1.25. The molecular weight excluding hydrogens is 334 g/mol. The normalized spacial score (nSPS) is 11.2. The molecule has 26 heavy (non-hydrogen) atoms. The predicted octanol–water partition coefficient (Wildman–Crippen LogP) is 3.88. The number of aromatic nitrogens is 2. The third-order valence-corrected chi connectivity index (χ3v) is 3.82. The molecule has 0 aliphatic heterocycles. The minimum Gasteiger partial charge on any atom is -0.496 e. The summed E-state index contributed by atoms with van der Waals surface area (Å²) in [4.78, 5) is 14.9. The van der Waals surface area contributed by atoms with Gasteiger partial charge in [-0.1, -0.05) is 17.3 Å². The van der Waals surface area contributed by atoms with Gasteiger partial charge in [0.25, 0.3) is 0 Å². The molecule has 2 N–H and O–H groups in total. The van der Waals surface area contributed by atoms with Crippen molar-refractivity contribution in [1.29, 1.82) is 0 Å². The summed E-state index contributed by atoms with van der Waals surface area (Å²) in [5.41, 5.74) is 3.25. The van der Waals surface area contributed by atoms with E-state index in [2.05, 4.69) is 15.5 Å². The Labute approximate surface area is 150 Å². The molecule has 7 heteroatoms. The molecule has 0 spiro atoms. The first-order valence-electron chi connectivity index (χ1n) is 8.12. The van der Waals surface area contributed by atoms with E-state index in [4.69, 9.17) is 14.4 Å². The van der Waals surface area contributed by atoms with Crippen LogP contribution >= 0.6 is 0 Å². The summed E-state index contributed by atoms with van der Waals surface area (Å²) in [5, 5.41) is 15.8. The average Bonchev–Trinajstić information content (AvgIpc) is 3.08. The zero-order valence-corrected chi connectivity index (χ0v) is 14.5. The molecule has 0 saturated carbocycles. The largest absolute Gasteiger partial charge is 0.496 e. The van der Waals surface area contributed by atoms with Gasteiger partial charge in [-0.2, -0.15) is 0 Å². The van der Waals surface area contributed by atoms with Crippen LogP contribution in [0, 0.1) is 6.92 Å². The van der Waals surface area contributed by atoms with Crippen LogP contribution in [-0.4, -0.2) is 35.0 Å². The van der Waals surface area contributed by atoms with E-state index in [-0.39, 0.29) is 0 Å². The van der Waals surface area contributed by atoms with Gasteiger partial charge in [0.05, 0.1) is 18.2 Å². The maximum absolute atomic E-state index is 10.4. The fourth-order valence-corrected chi connectivity index (χ4v) is 2.58. The van der Waals surface area contributed by atoms with Crippen LogP contribution in [0.2, 0.25) is 0 Å². The van der Waals surface area contributed by atoms with Gasteiger partial charge in [0.15, 0.2) is 5.76 Å². The van der Waals surface area contributed by atoms with Gasteiger partial charge in [0, 0.05) is 29.8 Å². The van der Waals surface area contributed by atoms with Gasteiger partial charge in [-0.3, -0.25) is 4.98 Å². The molecule has 0 aliphatic rings. The first kappa shape index (κ1) is 17.5. The second-order valence-electron chi connectivity index (χ2n) is 5.74. The molecule has 3 aromatic rings. The fourth-order valence-electron chi connectivity index (χ4n) is 2.58. The van der Waals surface area contributed by atoms with E-state index in [0.717, 1.165) is 22.2 Å². The minimum absolute atomic E-state index is 0.349. The predicted molar refractivity (Wildman–Crippen MR) is 98.2 cm³/mol. The Morgan fingerprint density at radius 2 is 2.19 bits per heavy atom. The number of aryl methyl sites for hydroxylation is 1. The lowest BCUT2D eigenvalue weighted by Gasteiger charge is -2.08. The first-order chi connectivity index (χ1) is 12.6. The van der Waals surface area contributed by atoms with E-state index in [9.17, 15) is 4.79 Å². The molecule has 1 amide bonds. The molecule has 7 nitrogen and oxygen atoms in total. The number of hydrogen-bond acceptors (Lipinski definition) is 5. The summed E-state index contributed by atoms with van der Waals surface area (Å²) in [6.45, 7) is 2.29. The molecule has 0 atom stereocenters. The number of carbonyl (C=O) groups is 1. The highest BCUT2D eigenvalue weighted by Crippen LogP contribution is 2.34. The van der Waals surface area contributed by atoms with Crippen molar-refractivity contribution in [2.75, 3.05) is 13.7 Å². The molecular formula is C19H19N3O4. The number of fused-ring (bicyclic) bond motifs is 1. The Morgan fingerprint density at radius 1 is 1.35 bits per heavy atom. The molecule has 0 bridgehead atoms. The topological polar surface area (TPSA) is 97.5 Å². The SMILES string of the molecule is COc1cc2nc(C)ccc2cc1-c1cc(C=CCCNC(=O)O)no1. The minimum atomic E-state index is -1.03. The number of nitrogens with zero attached hydrogens (tertiary/aromatic N) is 2. The van der Waals surface area contributed by atoms with Gasteiger partial charge in [0.1, 0.15) is 11.4 Å². The first-order valence-corrected chi connectivity index (χ1v) is 8.12. The molecule has 0 aliphatic carbocycles. The monoisotopic (exact) mass is 353 g/mol. The Morgan fingerprint density at radius 3 is 2.96 bits per heavy atom. The summed E-state index contributed by atoms with van der Waals surface area (Å²) in [6.07, 6.45) is 3.16. The smallest absolute Gasteiger partial charge is 0.404 e. The highest BCUT2D eigenvalue weighted by atomic mass is 16.5. The van der Waals surface area contributed by atoms with Crippen molar-refractivity contribution in [2.24, 2.45) is 0 Å². The molecule has 0 saturated heterocycles. The van der Waals surface area contributed by atoms with Gasteiger partial charge in [-0.15, -0.1) is 0 Å². The van der Waals surface area contributed by atoms with Crippen molar-refractivity contribution in [1.82, 2.24) is 15.5 Å². The van der Waals surface area contributed by atoms with Crippen molar-refractivity contribution < 1.29 is 19.2 Å². The van der Waals surface area contributed by atoms with E-state index in [1.54, 1.807) is 13.2 Å². The van der Waals surface area contributed by atoms with Crippen LogP contribution in [0.1, 0.15) is 17.8 Å². The Kier molecular flexibility index (Phi) is 5.17. The number of nitrogens with one attached hydrogen (secondary N) is 1. The van der Waals surface area contributed by atoms with Gasteiger partial charge < -0.3 is 19.7 Å². The number of hydrogen-bond donors (Lipinski definition) is 2. The van der Waals surface area contributed by atoms with Gasteiger partial charge in [0.2, 0.25) is 0 Å². The number of ether oxygens (including phenoxy) is 1. The number of pyridine rings is 1. The Balaban J connectivity index is 1.83. The second-order valence-corrected chi connectivity index (χ2v) is 5.74. The van der Waals surface area contributed by atoms with E-state index in [1.165, 1.54) is 0 Å². The van der Waals surface area contributed by atoms with E-state index >= 15 is 0 Å². The maximum Gasteiger partial charge on any atom is 0.404 e. The standard InChI is InChI=1S/C19H19N3O4/c1-12-6-7-13-9-15(17(25-2)11-16(13)21-12)18-10-14(22-26-18)5-3-4-8-20-19(23)24/h3,5-7,9-11,20H,4,8H2,1-2H3,(H,23,24). The van der Waals surface area contributed by atoms with Crippen molar-refractivity contribution >= 4 is 23.1 Å². The van der Waals surface area contributed by atoms with Crippen molar-refractivity contribution in [3.05, 3.63) is 47.8 Å². The molecule has 0 radical (unpaired) electrons. The lowest BCUT2D eigenvalue weighted by Crippen LogP contribution is -2.21. The lowest BCUT2D eigenvalue weighted by molar-refractivity contribution is 0.194. The second kappa shape index (κ2) is 7.69. The quantitative estimate of drug-likeness (QED) is 0.653. The van der Waals surface area contributed by atoms with E-state index < -0.39 is 6.09 Å². The van der Waals surface area contributed by atoms with E-state index in [0.29, 0.717) is 30.2 Å². The maximum atomic E-state index is 10.4. The molecule has 134 valence electrons. The highest BCUT2D eigenvalue weighted by molar-refractivity contribution is 5.87. The van der Waals surface area contributed by atoms with Gasteiger partial charge in [-0.25, -0.2) is 4.79 Å². The molecule has 0 unspecified atom stereocenters. The summed E-state index contributed by atoms with van der Waals surface area (Å²) in [7, 11) is 1.60. The van der Waals surface area contributed by atoms with Crippen molar-refractivity contribution in [3.8, 4) is 17.1 Å². The number of rotatable bonds is 6. The summed E-state index contributed by atoms with van der Waals surface area (Å²) < 4.78 is 10.9. The fraction of sp³-hybridized carbons (Fsp3) is 0.211. The Bertz CT molecular complexity index is 963. The molecule has 3 rings (SSSR count). The lowest BCUT2D eigenvalue weighted by atomic mass is 10.1. The third kappa shape index (κ3) is 4.00. The number of amides is 1. The van der Waals surface area contributed by atoms with Gasteiger partial charge >= 0.3 is 6.09 Å². The van der Waals surface area contributed by atoms with Crippen molar-refractivity contribution in [3.63, 3.8) is 0 Å². The third-order valence-electron chi connectivity index (χ3n) is 3.82. The van der Waals surface area contributed by atoms with Crippen LogP contribution in [0.15, 0.2) is 40.9 Å². The zero-order valence-electron chi connectivity index (χ0n) is 14.5. The Hall–Kier alpha value is -3.35. The molecule has 2 heterocycles. The number of methoxy groups -OCH3 is 1. The number of carboxylic acid groups (broad SMARTS) is 1. The highest BCUT2D eigenvalue weighted by Gasteiger charge is 2.13. The van der Waals surface area contributed by atoms with Crippen LogP contribution in [0.5, 0.6) is 5.75 Å². The molecule has 0 fully saturated rings. The zero-order chi connectivity index (χ0) is 18.5.